The largest absolute Gasteiger partial charge is 0.452 e. The molecule has 5 heteroatoms. The molecule has 0 spiro atoms. The van der Waals surface area contributed by atoms with Gasteiger partial charge in [0.2, 0.25) is 0 Å². The molecule has 1 amide bonds. The van der Waals surface area contributed by atoms with Crippen LogP contribution < -0.4 is 5.32 Å². The lowest BCUT2D eigenvalue weighted by atomic mass is 10.0. The van der Waals surface area contributed by atoms with Crippen molar-refractivity contribution < 1.29 is 14.3 Å². The van der Waals surface area contributed by atoms with E-state index in [2.05, 4.69) is 5.32 Å². The predicted molar refractivity (Wildman–Crippen MR) is 110 cm³/mol. The Kier molecular flexibility index (Phi) is 6.82. The highest BCUT2D eigenvalue weighted by Crippen LogP contribution is 2.19. The molecule has 28 heavy (non-hydrogen) atoms. The first-order valence-corrected chi connectivity index (χ1v) is 9.33. The van der Waals surface area contributed by atoms with Gasteiger partial charge in [-0.2, -0.15) is 0 Å². The number of carbonyl (C=O) groups is 2. The van der Waals surface area contributed by atoms with Gasteiger partial charge in [0.1, 0.15) is 0 Å². The molecule has 0 saturated carbocycles. The Morgan fingerprint density at radius 2 is 1.46 bits per heavy atom. The van der Waals surface area contributed by atoms with E-state index in [-0.39, 0.29) is 12.5 Å². The molecule has 3 rings (SSSR count). The molecule has 0 fully saturated rings. The zero-order chi connectivity index (χ0) is 19.8. The second kappa shape index (κ2) is 9.72. The van der Waals surface area contributed by atoms with Crippen LogP contribution in [0.1, 0.15) is 15.9 Å². The van der Waals surface area contributed by atoms with Gasteiger partial charge in [0.15, 0.2) is 6.61 Å². The fraction of sp³-hybridized carbons (Fsp3) is 0.130. The van der Waals surface area contributed by atoms with E-state index in [4.69, 9.17) is 16.3 Å². The van der Waals surface area contributed by atoms with Crippen LogP contribution in [-0.2, 0) is 16.0 Å². The molecule has 0 aliphatic rings. The third-order valence-electron chi connectivity index (χ3n) is 4.21. The summed E-state index contributed by atoms with van der Waals surface area (Å²) in [6.45, 7) is 0.156. The molecule has 0 unspecified atom stereocenters. The average Bonchev–Trinajstić information content (AvgIpc) is 2.74. The van der Waals surface area contributed by atoms with E-state index in [9.17, 15) is 9.59 Å². The number of rotatable bonds is 7. The lowest BCUT2D eigenvalue weighted by Gasteiger charge is -2.08. The molecule has 0 atom stereocenters. The highest BCUT2D eigenvalue weighted by atomic mass is 35.5. The van der Waals surface area contributed by atoms with Crippen LogP contribution in [0.4, 0.5) is 0 Å². The zero-order valence-corrected chi connectivity index (χ0v) is 16.0. The number of benzene rings is 3. The molecule has 0 heterocycles. The Hall–Kier alpha value is -3.11. The van der Waals surface area contributed by atoms with Crippen molar-refractivity contribution in [3.63, 3.8) is 0 Å². The quantitative estimate of drug-likeness (QED) is 0.600. The average molecular weight is 394 g/mol. The van der Waals surface area contributed by atoms with Gasteiger partial charge in [0.05, 0.1) is 5.56 Å². The first kappa shape index (κ1) is 19.6. The molecule has 3 aromatic rings. The molecule has 0 bridgehead atoms. The van der Waals surface area contributed by atoms with E-state index in [1.165, 1.54) is 0 Å². The Labute approximate surface area is 169 Å². The van der Waals surface area contributed by atoms with Crippen LogP contribution >= 0.6 is 11.6 Å². The summed E-state index contributed by atoms with van der Waals surface area (Å²) in [5, 5.41) is 3.41. The minimum atomic E-state index is -0.521. The zero-order valence-electron chi connectivity index (χ0n) is 15.2. The minimum absolute atomic E-state index is 0.306. The van der Waals surface area contributed by atoms with Gasteiger partial charge in [0, 0.05) is 11.6 Å². The maximum atomic E-state index is 12.1. The smallest absolute Gasteiger partial charge is 0.338 e. The number of esters is 1. The van der Waals surface area contributed by atoms with Gasteiger partial charge < -0.3 is 10.1 Å². The van der Waals surface area contributed by atoms with Crippen molar-refractivity contribution >= 4 is 23.5 Å². The van der Waals surface area contributed by atoms with E-state index < -0.39 is 5.97 Å². The fourth-order valence-electron chi connectivity index (χ4n) is 2.69. The molecule has 0 radical (unpaired) electrons. The van der Waals surface area contributed by atoms with Crippen molar-refractivity contribution in [3.05, 3.63) is 95.0 Å². The van der Waals surface area contributed by atoms with Crippen molar-refractivity contribution in [2.24, 2.45) is 0 Å². The predicted octanol–water partition coefficient (Wildman–Crippen LogP) is 4.52. The number of hydrogen-bond acceptors (Lipinski definition) is 3. The van der Waals surface area contributed by atoms with Gasteiger partial charge in [-0.05, 0) is 47.4 Å². The Morgan fingerprint density at radius 1 is 0.821 bits per heavy atom. The molecular formula is C23H20ClNO3. The third-order valence-corrected chi connectivity index (χ3v) is 4.46. The second-order valence-corrected chi connectivity index (χ2v) is 6.68. The number of hydrogen-bond donors (Lipinski definition) is 1. The van der Waals surface area contributed by atoms with Gasteiger partial charge in [-0.15, -0.1) is 0 Å². The summed E-state index contributed by atoms with van der Waals surface area (Å²) in [5.74, 6) is -0.851. The fourth-order valence-corrected chi connectivity index (χ4v) is 2.82. The van der Waals surface area contributed by atoms with Crippen LogP contribution in [-0.4, -0.2) is 25.0 Å². The van der Waals surface area contributed by atoms with Crippen LogP contribution in [0.25, 0.3) is 11.1 Å². The summed E-state index contributed by atoms with van der Waals surface area (Å²) in [6.07, 6.45) is 0.678. The van der Waals surface area contributed by atoms with Crippen molar-refractivity contribution in [2.45, 2.75) is 6.42 Å². The van der Waals surface area contributed by atoms with Crippen LogP contribution in [0.3, 0.4) is 0 Å². The number of amides is 1. The summed E-state index contributed by atoms with van der Waals surface area (Å²) < 4.78 is 5.09. The maximum absolute atomic E-state index is 12.1. The maximum Gasteiger partial charge on any atom is 0.338 e. The van der Waals surface area contributed by atoms with E-state index in [0.717, 1.165) is 16.7 Å². The summed E-state index contributed by atoms with van der Waals surface area (Å²) in [5.41, 5.74) is 3.56. The Balaban J connectivity index is 1.43. The lowest BCUT2D eigenvalue weighted by molar-refractivity contribution is -0.124. The Morgan fingerprint density at radius 3 is 2.14 bits per heavy atom. The van der Waals surface area contributed by atoms with Crippen molar-refractivity contribution in [1.29, 1.82) is 0 Å². The summed E-state index contributed by atoms with van der Waals surface area (Å²) in [6, 6.07) is 24.4. The van der Waals surface area contributed by atoms with Gasteiger partial charge >= 0.3 is 5.97 Å². The standard InChI is InChI=1S/C23H20ClNO3/c24-21-12-6-17(7-13-21)14-15-25-22(26)16-28-23(27)20-10-8-19(9-11-20)18-4-2-1-3-5-18/h1-13H,14-16H2,(H,25,26). The van der Waals surface area contributed by atoms with Gasteiger partial charge in [0.25, 0.3) is 5.91 Å². The van der Waals surface area contributed by atoms with Crippen LogP contribution in [0.5, 0.6) is 0 Å². The molecule has 142 valence electrons. The van der Waals surface area contributed by atoms with Crippen molar-refractivity contribution in [2.75, 3.05) is 13.2 Å². The number of ether oxygens (including phenoxy) is 1. The van der Waals surface area contributed by atoms with E-state index >= 15 is 0 Å². The van der Waals surface area contributed by atoms with Crippen LogP contribution in [0.15, 0.2) is 78.9 Å². The molecule has 0 aliphatic carbocycles. The molecule has 4 nitrogen and oxygen atoms in total. The molecule has 0 saturated heterocycles. The van der Waals surface area contributed by atoms with Crippen LogP contribution in [0.2, 0.25) is 5.02 Å². The molecule has 0 aliphatic heterocycles. The van der Waals surface area contributed by atoms with E-state index in [0.29, 0.717) is 23.6 Å². The minimum Gasteiger partial charge on any atom is -0.452 e. The topological polar surface area (TPSA) is 55.4 Å². The number of halogens is 1. The van der Waals surface area contributed by atoms with E-state index in [1.807, 2.05) is 66.7 Å². The van der Waals surface area contributed by atoms with Gasteiger partial charge in [-0.1, -0.05) is 66.2 Å². The first-order valence-electron chi connectivity index (χ1n) is 8.95. The lowest BCUT2D eigenvalue weighted by Crippen LogP contribution is -2.30. The number of carbonyl (C=O) groups excluding carboxylic acids is 2. The van der Waals surface area contributed by atoms with Gasteiger partial charge in [-0.3, -0.25) is 4.79 Å². The second-order valence-electron chi connectivity index (χ2n) is 6.25. The van der Waals surface area contributed by atoms with Crippen molar-refractivity contribution in [1.82, 2.24) is 5.32 Å². The third kappa shape index (κ3) is 5.69. The summed E-state index contributed by atoms with van der Waals surface area (Å²) >= 11 is 5.84. The summed E-state index contributed by atoms with van der Waals surface area (Å²) in [7, 11) is 0. The highest BCUT2D eigenvalue weighted by molar-refractivity contribution is 6.30. The molecular weight excluding hydrogens is 374 g/mol. The highest BCUT2D eigenvalue weighted by Gasteiger charge is 2.10. The summed E-state index contributed by atoms with van der Waals surface area (Å²) in [4.78, 5) is 24.0. The van der Waals surface area contributed by atoms with Crippen molar-refractivity contribution in [3.8, 4) is 11.1 Å². The Bertz CT molecular complexity index is 922. The molecule has 0 aromatic heterocycles. The van der Waals surface area contributed by atoms with Crippen LogP contribution in [0, 0.1) is 0 Å². The first-order chi connectivity index (χ1) is 13.6. The van der Waals surface area contributed by atoms with E-state index in [1.54, 1.807) is 12.1 Å². The monoisotopic (exact) mass is 393 g/mol. The normalized spacial score (nSPS) is 10.3. The molecule has 3 aromatic carbocycles. The molecule has 1 N–H and O–H groups in total. The SMILES string of the molecule is O=C(COC(=O)c1ccc(-c2ccccc2)cc1)NCCc1ccc(Cl)cc1. The number of nitrogens with one attached hydrogen (secondary N) is 1. The van der Waals surface area contributed by atoms with Gasteiger partial charge in [-0.25, -0.2) is 4.79 Å².